The fraction of sp³-hybridized carbons (Fsp3) is 0.273. The molecule has 0 atom stereocenters. The molecule has 0 aliphatic heterocycles. The molecular weight excluding hydrogens is 271 g/mol. The van der Waals surface area contributed by atoms with Gasteiger partial charge < -0.3 is 0 Å². The van der Waals surface area contributed by atoms with Crippen LogP contribution in [0.15, 0.2) is 18.2 Å². The Balaban J connectivity index is 3.24. The summed E-state index contributed by atoms with van der Waals surface area (Å²) < 4.78 is 37.5. The Hall–Kier alpha value is -1.74. The summed E-state index contributed by atoms with van der Waals surface area (Å²) in [6, 6.07) is 2.25. The highest BCUT2D eigenvalue weighted by molar-refractivity contribution is 6.18. The van der Waals surface area contributed by atoms with Gasteiger partial charge in [0.05, 0.1) is 10.5 Å². The van der Waals surface area contributed by atoms with Gasteiger partial charge in [-0.25, -0.2) is 0 Å². The van der Waals surface area contributed by atoms with Gasteiger partial charge in [-0.2, -0.15) is 13.2 Å². The van der Waals surface area contributed by atoms with E-state index in [0.29, 0.717) is 12.5 Å². The van der Waals surface area contributed by atoms with Crippen LogP contribution in [0.1, 0.15) is 17.5 Å². The van der Waals surface area contributed by atoms with Crippen molar-refractivity contribution in [2.24, 2.45) is 0 Å². The molecule has 0 N–H and O–H groups in total. The van der Waals surface area contributed by atoms with Crippen molar-refractivity contribution in [2.45, 2.75) is 12.6 Å². The normalized spacial score (nSPS) is 10.7. The van der Waals surface area contributed by atoms with Crippen molar-refractivity contribution in [2.75, 3.05) is 5.88 Å². The van der Waals surface area contributed by atoms with Crippen LogP contribution in [0, 0.1) is 22.0 Å². The molecule has 0 saturated heterocycles. The van der Waals surface area contributed by atoms with Gasteiger partial charge in [0.15, 0.2) is 0 Å². The zero-order valence-electron chi connectivity index (χ0n) is 8.92. The number of benzene rings is 1. The van der Waals surface area contributed by atoms with Crippen LogP contribution in [-0.4, -0.2) is 10.8 Å². The number of rotatable bonds is 2. The Morgan fingerprint density at radius 3 is 2.50 bits per heavy atom. The number of hydrogen-bond donors (Lipinski definition) is 0. The molecule has 0 aliphatic carbocycles. The predicted octanol–water partition coefficient (Wildman–Crippen LogP) is 3.59. The van der Waals surface area contributed by atoms with E-state index in [1.807, 2.05) is 0 Å². The van der Waals surface area contributed by atoms with Crippen LogP contribution < -0.4 is 0 Å². The smallest absolute Gasteiger partial charge is 0.258 e. The summed E-state index contributed by atoms with van der Waals surface area (Å²) in [6.07, 6.45) is -4.35. The fourth-order valence-electron chi connectivity index (χ4n) is 1.16. The molecule has 1 rings (SSSR count). The van der Waals surface area contributed by atoms with E-state index in [1.165, 1.54) is 0 Å². The van der Waals surface area contributed by atoms with Crippen molar-refractivity contribution in [1.29, 1.82) is 0 Å². The van der Waals surface area contributed by atoms with Crippen LogP contribution in [0.4, 0.5) is 18.9 Å². The van der Waals surface area contributed by atoms with E-state index in [9.17, 15) is 23.3 Å². The Kier molecular flexibility index (Phi) is 4.56. The van der Waals surface area contributed by atoms with E-state index in [-0.39, 0.29) is 11.4 Å². The lowest BCUT2D eigenvalue weighted by Gasteiger charge is -2.06. The highest BCUT2D eigenvalue weighted by Crippen LogP contribution is 2.32. The van der Waals surface area contributed by atoms with Crippen molar-refractivity contribution in [1.82, 2.24) is 0 Å². The SMILES string of the molecule is O=[N+]([O-])c1cc(C#CCCCl)cc(C(F)(F)F)c1. The molecule has 1 aromatic carbocycles. The summed E-state index contributed by atoms with van der Waals surface area (Å²) in [5.74, 6) is 5.18. The lowest BCUT2D eigenvalue weighted by Crippen LogP contribution is -2.06. The van der Waals surface area contributed by atoms with Crippen LogP contribution in [-0.2, 0) is 6.18 Å². The second-order valence-electron chi connectivity index (χ2n) is 3.26. The number of nitro groups is 1. The lowest BCUT2D eigenvalue weighted by atomic mass is 10.1. The van der Waals surface area contributed by atoms with Gasteiger partial charge in [-0.1, -0.05) is 11.8 Å². The zero-order chi connectivity index (χ0) is 13.8. The van der Waals surface area contributed by atoms with Crippen LogP contribution in [0.5, 0.6) is 0 Å². The summed E-state index contributed by atoms with van der Waals surface area (Å²) in [4.78, 5) is 9.64. The van der Waals surface area contributed by atoms with Crippen LogP contribution >= 0.6 is 11.6 Å². The van der Waals surface area contributed by atoms with E-state index in [1.54, 1.807) is 0 Å². The maximum absolute atomic E-state index is 12.5. The van der Waals surface area contributed by atoms with E-state index < -0.39 is 22.4 Å². The quantitative estimate of drug-likeness (QED) is 0.359. The molecule has 0 unspecified atom stereocenters. The van der Waals surface area contributed by atoms with Gasteiger partial charge in [0.1, 0.15) is 0 Å². The largest absolute Gasteiger partial charge is 0.416 e. The van der Waals surface area contributed by atoms with Gasteiger partial charge >= 0.3 is 6.18 Å². The molecule has 0 amide bonds. The second-order valence-corrected chi connectivity index (χ2v) is 3.64. The third-order valence-corrected chi connectivity index (χ3v) is 2.10. The topological polar surface area (TPSA) is 43.1 Å². The monoisotopic (exact) mass is 277 g/mol. The number of hydrogen-bond acceptors (Lipinski definition) is 2. The molecule has 0 fully saturated rings. The molecular formula is C11H7ClF3NO2. The first-order valence-corrected chi connectivity index (χ1v) is 5.29. The third kappa shape index (κ3) is 3.93. The van der Waals surface area contributed by atoms with E-state index in [2.05, 4.69) is 11.8 Å². The number of nitro benzene ring substituents is 1. The van der Waals surface area contributed by atoms with Gasteiger partial charge in [-0.15, -0.1) is 11.6 Å². The lowest BCUT2D eigenvalue weighted by molar-refractivity contribution is -0.385. The molecule has 0 aromatic heterocycles. The zero-order valence-corrected chi connectivity index (χ0v) is 9.68. The van der Waals surface area contributed by atoms with Gasteiger partial charge in [-0.05, 0) is 6.07 Å². The Morgan fingerprint density at radius 1 is 1.33 bits per heavy atom. The van der Waals surface area contributed by atoms with Crippen LogP contribution in [0.25, 0.3) is 0 Å². The van der Waals surface area contributed by atoms with Crippen LogP contribution in [0.3, 0.4) is 0 Å². The molecule has 0 heterocycles. The Labute approximate surface area is 106 Å². The van der Waals surface area contributed by atoms with Gasteiger partial charge in [0.2, 0.25) is 0 Å². The molecule has 1 aromatic rings. The van der Waals surface area contributed by atoms with E-state index in [0.717, 1.165) is 12.1 Å². The maximum Gasteiger partial charge on any atom is 0.416 e. The summed E-state index contributed by atoms with van der Waals surface area (Å²) in [5, 5.41) is 10.5. The standard InChI is InChI=1S/C11H7ClF3NO2/c12-4-2-1-3-8-5-9(11(13,14)15)7-10(6-8)16(17)18/h5-7H,2,4H2. The number of non-ortho nitro benzene ring substituents is 1. The molecule has 3 nitrogen and oxygen atoms in total. The molecule has 18 heavy (non-hydrogen) atoms. The first-order chi connectivity index (χ1) is 8.34. The van der Waals surface area contributed by atoms with Gasteiger partial charge in [-0.3, -0.25) is 10.1 Å². The minimum Gasteiger partial charge on any atom is -0.258 e. The molecule has 7 heteroatoms. The number of halogens is 4. The fourth-order valence-corrected chi connectivity index (χ4v) is 1.26. The minimum atomic E-state index is -4.64. The first kappa shape index (κ1) is 14.3. The summed E-state index contributed by atoms with van der Waals surface area (Å²) in [5.41, 5.74) is -1.78. The molecule has 0 radical (unpaired) electrons. The average molecular weight is 278 g/mol. The van der Waals surface area contributed by atoms with E-state index >= 15 is 0 Å². The number of nitrogens with zero attached hydrogens (tertiary/aromatic N) is 1. The van der Waals surface area contributed by atoms with Gasteiger partial charge in [0.25, 0.3) is 5.69 Å². The van der Waals surface area contributed by atoms with Crippen molar-refractivity contribution in [3.8, 4) is 11.8 Å². The predicted molar refractivity (Wildman–Crippen MR) is 60.3 cm³/mol. The second kappa shape index (κ2) is 5.74. The van der Waals surface area contributed by atoms with Gasteiger partial charge in [0, 0.05) is 30.0 Å². The van der Waals surface area contributed by atoms with E-state index in [4.69, 9.17) is 11.6 Å². The molecule has 0 aliphatic rings. The summed E-state index contributed by atoms with van der Waals surface area (Å²) in [7, 11) is 0. The molecule has 96 valence electrons. The average Bonchev–Trinajstić information content (AvgIpc) is 2.28. The van der Waals surface area contributed by atoms with Crippen molar-refractivity contribution >= 4 is 17.3 Å². The Bertz CT molecular complexity index is 517. The van der Waals surface area contributed by atoms with Crippen molar-refractivity contribution in [3.05, 3.63) is 39.4 Å². The van der Waals surface area contributed by atoms with Crippen LogP contribution in [0.2, 0.25) is 0 Å². The minimum absolute atomic E-state index is 0.0540. The molecule has 0 spiro atoms. The molecule has 0 bridgehead atoms. The summed E-state index contributed by atoms with van der Waals surface area (Å²) in [6.45, 7) is 0. The Morgan fingerprint density at radius 2 is 2.00 bits per heavy atom. The molecule has 0 saturated carbocycles. The highest BCUT2D eigenvalue weighted by atomic mass is 35.5. The number of alkyl halides is 4. The third-order valence-electron chi connectivity index (χ3n) is 1.91. The highest BCUT2D eigenvalue weighted by Gasteiger charge is 2.32. The first-order valence-electron chi connectivity index (χ1n) is 4.76. The summed E-state index contributed by atoms with van der Waals surface area (Å²) >= 11 is 5.36. The van der Waals surface area contributed by atoms with Crippen molar-refractivity contribution in [3.63, 3.8) is 0 Å². The maximum atomic E-state index is 12.5. The van der Waals surface area contributed by atoms with Crippen molar-refractivity contribution < 1.29 is 18.1 Å².